The van der Waals surface area contributed by atoms with Crippen LogP contribution in [-0.4, -0.2) is 48.3 Å². The number of hydrogen-bond donors (Lipinski definition) is 2. The normalized spacial score (nSPS) is 16.0. The predicted octanol–water partition coefficient (Wildman–Crippen LogP) is 3.99. The van der Waals surface area contributed by atoms with Gasteiger partial charge in [0.25, 0.3) is 5.91 Å². The molecule has 0 saturated carbocycles. The second-order valence-corrected chi connectivity index (χ2v) is 7.68. The van der Waals surface area contributed by atoms with E-state index in [4.69, 9.17) is 21.7 Å². The molecule has 0 unspecified atom stereocenters. The van der Waals surface area contributed by atoms with Crippen LogP contribution in [0.3, 0.4) is 0 Å². The van der Waals surface area contributed by atoms with Crippen molar-refractivity contribution in [2.45, 2.75) is 26.8 Å². The van der Waals surface area contributed by atoms with Crippen molar-refractivity contribution in [2.75, 3.05) is 32.2 Å². The van der Waals surface area contributed by atoms with Gasteiger partial charge in [0.15, 0.2) is 16.6 Å². The minimum Gasteiger partial charge on any atom is -0.504 e. The van der Waals surface area contributed by atoms with E-state index >= 15 is 0 Å². The Morgan fingerprint density at radius 1 is 1.12 bits per heavy atom. The van der Waals surface area contributed by atoms with Gasteiger partial charge in [0.2, 0.25) is 0 Å². The molecular formula is C24H29N3O4S. The van der Waals surface area contributed by atoms with Gasteiger partial charge in [0.1, 0.15) is 5.75 Å². The summed E-state index contributed by atoms with van der Waals surface area (Å²) in [6, 6.07) is 12.1. The van der Waals surface area contributed by atoms with Crippen LogP contribution in [0.25, 0.3) is 0 Å². The third-order valence-corrected chi connectivity index (χ3v) is 5.93. The molecule has 1 aliphatic rings. The summed E-state index contributed by atoms with van der Waals surface area (Å²) in [6.45, 7) is 6.93. The Balaban J connectivity index is 2.21. The van der Waals surface area contributed by atoms with Crippen LogP contribution in [0, 0.1) is 0 Å². The van der Waals surface area contributed by atoms with Gasteiger partial charge >= 0.3 is 0 Å². The zero-order valence-corrected chi connectivity index (χ0v) is 19.8. The number of hydrogen-bond acceptors (Lipinski definition) is 5. The number of carbonyl (C=O) groups is 1. The fourth-order valence-corrected chi connectivity index (χ4v) is 4.30. The maximum absolute atomic E-state index is 13.6. The molecule has 0 saturated heterocycles. The predicted molar refractivity (Wildman–Crippen MR) is 129 cm³/mol. The topological polar surface area (TPSA) is 74.3 Å². The van der Waals surface area contributed by atoms with Gasteiger partial charge in [-0.3, -0.25) is 9.69 Å². The van der Waals surface area contributed by atoms with Gasteiger partial charge in [-0.25, -0.2) is 0 Å². The number of benzene rings is 2. The van der Waals surface area contributed by atoms with Crippen LogP contribution >= 0.6 is 12.2 Å². The molecule has 3 rings (SSSR count). The number of phenolic OH excluding ortho intramolecular Hbond substituents is 1. The Morgan fingerprint density at radius 2 is 1.78 bits per heavy atom. The molecule has 0 radical (unpaired) electrons. The van der Waals surface area contributed by atoms with Gasteiger partial charge in [0, 0.05) is 18.8 Å². The fourth-order valence-electron chi connectivity index (χ4n) is 3.94. The number of rotatable bonds is 7. The molecule has 0 spiro atoms. The van der Waals surface area contributed by atoms with Crippen LogP contribution in [-0.2, 0) is 4.79 Å². The minimum atomic E-state index is -0.529. The highest BCUT2D eigenvalue weighted by molar-refractivity contribution is 7.80. The maximum Gasteiger partial charge on any atom is 0.253 e. The first-order valence-electron chi connectivity index (χ1n) is 10.5. The van der Waals surface area contributed by atoms with Crippen LogP contribution in [0.4, 0.5) is 5.69 Å². The lowest BCUT2D eigenvalue weighted by molar-refractivity contribution is -0.127. The van der Waals surface area contributed by atoms with Gasteiger partial charge in [-0.1, -0.05) is 18.2 Å². The highest BCUT2D eigenvalue weighted by Crippen LogP contribution is 2.39. The highest BCUT2D eigenvalue weighted by Gasteiger charge is 2.37. The second-order valence-electron chi connectivity index (χ2n) is 7.30. The molecule has 1 atom stereocenters. The number of nitrogens with one attached hydrogen (secondary N) is 1. The lowest BCUT2D eigenvalue weighted by Gasteiger charge is -2.39. The molecule has 0 aromatic heterocycles. The number of allylic oxidation sites excluding steroid dienone is 1. The van der Waals surface area contributed by atoms with Gasteiger partial charge in [-0.05, 0) is 62.8 Å². The van der Waals surface area contributed by atoms with E-state index in [1.807, 2.05) is 56.0 Å². The van der Waals surface area contributed by atoms with Crippen LogP contribution in [0.5, 0.6) is 17.2 Å². The first kappa shape index (κ1) is 23.4. The summed E-state index contributed by atoms with van der Waals surface area (Å²) in [7, 11) is 3.09. The summed E-state index contributed by atoms with van der Waals surface area (Å²) in [5, 5.41) is 14.1. The Bertz CT molecular complexity index is 1050. The van der Waals surface area contributed by atoms with E-state index in [0.717, 1.165) is 5.69 Å². The molecule has 8 heteroatoms. The molecule has 0 aliphatic carbocycles. The third kappa shape index (κ3) is 4.23. The van der Waals surface area contributed by atoms with Crippen molar-refractivity contribution in [3.05, 3.63) is 59.3 Å². The molecule has 2 aromatic carbocycles. The number of carbonyl (C=O) groups excluding carboxylic acids is 1. The zero-order chi connectivity index (χ0) is 23.4. The van der Waals surface area contributed by atoms with Crippen molar-refractivity contribution < 1.29 is 19.4 Å². The summed E-state index contributed by atoms with van der Waals surface area (Å²) >= 11 is 5.73. The molecule has 32 heavy (non-hydrogen) atoms. The SMILES string of the molecule is CCN(CC)C(=O)C1=C(C)N(c2ccccc2OC)C(=S)N[C@@H]1c1ccc(OC)c(O)c1. The average molecular weight is 456 g/mol. The molecule has 7 nitrogen and oxygen atoms in total. The van der Waals surface area contributed by atoms with Gasteiger partial charge in [-0.15, -0.1) is 0 Å². The molecule has 2 N–H and O–H groups in total. The minimum absolute atomic E-state index is 0.00262. The summed E-state index contributed by atoms with van der Waals surface area (Å²) in [5.74, 6) is 0.908. The van der Waals surface area contributed by atoms with Gasteiger partial charge in [0.05, 0.1) is 31.5 Å². The number of thiocarbonyl (C=S) groups is 1. The molecule has 1 heterocycles. The molecule has 2 aromatic rings. The Labute approximate surface area is 194 Å². The van der Waals surface area contributed by atoms with Crippen molar-refractivity contribution in [3.63, 3.8) is 0 Å². The number of nitrogens with zero attached hydrogens (tertiary/aromatic N) is 2. The van der Waals surface area contributed by atoms with E-state index in [9.17, 15) is 9.90 Å². The number of phenols is 1. The standard InChI is InChI=1S/C24H29N3O4S/c1-6-26(7-2)23(29)21-15(3)27(17-10-8-9-11-19(17)30-4)24(32)25-22(21)16-12-13-20(31-5)18(28)14-16/h8-14,22,28H,6-7H2,1-5H3,(H,25,32)/t22-/m1/s1. The molecule has 1 amide bonds. The van der Waals surface area contributed by atoms with Crippen molar-refractivity contribution in [1.29, 1.82) is 0 Å². The van der Waals surface area contributed by atoms with Crippen molar-refractivity contribution in [3.8, 4) is 17.2 Å². The summed E-state index contributed by atoms with van der Waals surface area (Å²) in [4.78, 5) is 17.2. The third-order valence-electron chi connectivity index (χ3n) is 5.63. The smallest absolute Gasteiger partial charge is 0.253 e. The van der Waals surface area contributed by atoms with Crippen LogP contribution in [0.15, 0.2) is 53.7 Å². The number of para-hydroxylation sites is 2. The first-order chi connectivity index (χ1) is 15.4. The number of anilines is 1. The Morgan fingerprint density at radius 3 is 2.38 bits per heavy atom. The summed E-state index contributed by atoms with van der Waals surface area (Å²) < 4.78 is 10.7. The monoisotopic (exact) mass is 455 g/mol. The number of aromatic hydroxyl groups is 1. The zero-order valence-electron chi connectivity index (χ0n) is 19.0. The van der Waals surface area contributed by atoms with Crippen LogP contribution in [0.1, 0.15) is 32.4 Å². The molecule has 1 aliphatic heterocycles. The van der Waals surface area contributed by atoms with E-state index in [-0.39, 0.29) is 11.7 Å². The van der Waals surface area contributed by atoms with E-state index in [2.05, 4.69) is 5.32 Å². The fraction of sp³-hybridized carbons (Fsp3) is 0.333. The number of ether oxygens (including phenoxy) is 2. The van der Waals surface area contributed by atoms with E-state index in [1.165, 1.54) is 7.11 Å². The van der Waals surface area contributed by atoms with E-state index in [1.54, 1.807) is 24.1 Å². The van der Waals surface area contributed by atoms with Crippen LogP contribution < -0.4 is 19.7 Å². The quantitative estimate of drug-likeness (QED) is 0.612. The summed E-state index contributed by atoms with van der Waals surface area (Å²) in [6.07, 6.45) is 0. The maximum atomic E-state index is 13.6. The molecule has 0 fully saturated rings. The van der Waals surface area contributed by atoms with Crippen molar-refractivity contribution in [1.82, 2.24) is 10.2 Å². The Kier molecular flexibility index (Phi) is 7.25. The first-order valence-corrected chi connectivity index (χ1v) is 10.9. The highest BCUT2D eigenvalue weighted by atomic mass is 32.1. The van der Waals surface area contributed by atoms with Gasteiger partial charge < -0.3 is 24.8 Å². The Hall–Kier alpha value is -3.26. The lowest BCUT2D eigenvalue weighted by atomic mass is 9.93. The van der Waals surface area contributed by atoms with Gasteiger partial charge in [-0.2, -0.15) is 0 Å². The van der Waals surface area contributed by atoms with Crippen molar-refractivity contribution in [2.24, 2.45) is 0 Å². The number of amides is 1. The van der Waals surface area contributed by atoms with Crippen LogP contribution in [0.2, 0.25) is 0 Å². The second kappa shape index (κ2) is 9.91. The molecule has 0 bridgehead atoms. The number of methoxy groups -OCH3 is 2. The molecule has 170 valence electrons. The number of likely N-dealkylation sites (N-methyl/N-ethyl adjacent to an activating group) is 1. The van der Waals surface area contributed by atoms with E-state index < -0.39 is 6.04 Å². The largest absolute Gasteiger partial charge is 0.504 e. The molecular weight excluding hydrogens is 426 g/mol. The van der Waals surface area contributed by atoms with E-state index in [0.29, 0.717) is 46.5 Å². The average Bonchev–Trinajstić information content (AvgIpc) is 2.79. The summed E-state index contributed by atoms with van der Waals surface area (Å²) in [5.41, 5.74) is 2.71. The van der Waals surface area contributed by atoms with Crippen molar-refractivity contribution >= 4 is 28.9 Å². The lowest BCUT2D eigenvalue weighted by Crippen LogP contribution is -2.50.